The van der Waals surface area contributed by atoms with Crippen LogP contribution in [0.5, 0.6) is 0 Å². The summed E-state index contributed by atoms with van der Waals surface area (Å²) in [6.07, 6.45) is 1.91. The molecule has 6 heteroatoms. The summed E-state index contributed by atoms with van der Waals surface area (Å²) >= 11 is 0. The van der Waals surface area contributed by atoms with Gasteiger partial charge in [-0.05, 0) is 25.0 Å². The third kappa shape index (κ3) is 2.89. The number of oxazole rings is 1. The quantitative estimate of drug-likeness (QED) is 0.844. The van der Waals surface area contributed by atoms with Crippen LogP contribution in [0.4, 0.5) is 0 Å². The van der Waals surface area contributed by atoms with Gasteiger partial charge >= 0.3 is 5.97 Å². The van der Waals surface area contributed by atoms with Crippen LogP contribution in [0.2, 0.25) is 0 Å². The zero-order valence-electron chi connectivity index (χ0n) is 11.5. The normalized spacial score (nSPS) is 15.8. The van der Waals surface area contributed by atoms with E-state index in [2.05, 4.69) is 10.3 Å². The number of aryl methyl sites for hydroxylation is 1. The molecule has 21 heavy (non-hydrogen) atoms. The first-order chi connectivity index (χ1) is 10.1. The van der Waals surface area contributed by atoms with Crippen molar-refractivity contribution in [3.8, 4) is 0 Å². The highest BCUT2D eigenvalue weighted by atomic mass is 16.4. The van der Waals surface area contributed by atoms with Crippen molar-refractivity contribution in [2.24, 2.45) is 5.41 Å². The molecule has 0 spiro atoms. The molecule has 0 radical (unpaired) electrons. The number of aromatic nitrogens is 1. The highest BCUT2D eigenvalue weighted by Crippen LogP contribution is 2.45. The van der Waals surface area contributed by atoms with Crippen LogP contribution < -0.4 is 5.32 Å². The van der Waals surface area contributed by atoms with E-state index in [9.17, 15) is 9.59 Å². The fourth-order valence-electron chi connectivity index (χ4n) is 2.22. The number of carboxylic acid groups (broad SMARTS) is 1. The molecule has 1 fully saturated rings. The number of carbonyl (C=O) groups excluding carboxylic acids is 1. The number of fused-ring (bicyclic) bond motifs is 1. The summed E-state index contributed by atoms with van der Waals surface area (Å²) in [6.45, 7) is 0.203. The van der Waals surface area contributed by atoms with Crippen molar-refractivity contribution in [3.05, 3.63) is 30.2 Å². The van der Waals surface area contributed by atoms with E-state index < -0.39 is 11.4 Å². The maximum absolute atomic E-state index is 11.8. The standard InChI is InChI=1S/C15H16N2O4/c18-12(16-9-15(7-8-15)14(19)20)5-6-13-17-10-3-1-2-4-11(10)21-13/h1-4H,5-9H2,(H,16,18)(H,19,20). The van der Waals surface area contributed by atoms with Crippen LogP contribution in [-0.4, -0.2) is 28.5 Å². The van der Waals surface area contributed by atoms with Gasteiger partial charge in [-0.15, -0.1) is 0 Å². The number of hydrogen-bond donors (Lipinski definition) is 2. The van der Waals surface area contributed by atoms with E-state index in [1.807, 2.05) is 24.3 Å². The molecule has 0 bridgehead atoms. The first-order valence-corrected chi connectivity index (χ1v) is 6.94. The maximum atomic E-state index is 11.8. The molecule has 1 aliphatic rings. The summed E-state index contributed by atoms with van der Waals surface area (Å²) < 4.78 is 5.53. The Labute approximate surface area is 121 Å². The SMILES string of the molecule is O=C(CCc1nc2ccccc2o1)NCC1(C(=O)O)CC1. The number of para-hydroxylation sites is 2. The monoisotopic (exact) mass is 288 g/mol. The number of carboxylic acids is 1. The van der Waals surface area contributed by atoms with Gasteiger partial charge in [0.15, 0.2) is 11.5 Å². The minimum absolute atomic E-state index is 0.176. The highest BCUT2D eigenvalue weighted by Gasteiger charge is 2.50. The van der Waals surface area contributed by atoms with Gasteiger partial charge in [0.05, 0.1) is 5.41 Å². The molecule has 1 heterocycles. The zero-order chi connectivity index (χ0) is 14.9. The topological polar surface area (TPSA) is 92.4 Å². The van der Waals surface area contributed by atoms with Crippen molar-refractivity contribution < 1.29 is 19.1 Å². The molecule has 0 saturated heterocycles. The second-order valence-corrected chi connectivity index (χ2v) is 5.44. The van der Waals surface area contributed by atoms with Crippen molar-refractivity contribution in [2.75, 3.05) is 6.54 Å². The third-order valence-corrected chi connectivity index (χ3v) is 3.84. The molecule has 3 rings (SSSR count). The third-order valence-electron chi connectivity index (χ3n) is 3.84. The van der Waals surface area contributed by atoms with E-state index in [0.717, 1.165) is 5.52 Å². The van der Waals surface area contributed by atoms with E-state index in [-0.39, 0.29) is 18.9 Å². The average molecular weight is 288 g/mol. The number of nitrogens with one attached hydrogen (secondary N) is 1. The first kappa shape index (κ1) is 13.6. The first-order valence-electron chi connectivity index (χ1n) is 6.94. The van der Waals surface area contributed by atoms with Crippen LogP contribution in [0.25, 0.3) is 11.1 Å². The van der Waals surface area contributed by atoms with Gasteiger partial charge in [-0.1, -0.05) is 12.1 Å². The van der Waals surface area contributed by atoms with Crippen LogP contribution in [-0.2, 0) is 16.0 Å². The molecular weight excluding hydrogens is 272 g/mol. The number of hydrogen-bond acceptors (Lipinski definition) is 4. The Morgan fingerprint density at radius 3 is 2.76 bits per heavy atom. The van der Waals surface area contributed by atoms with Gasteiger partial charge in [0.1, 0.15) is 5.52 Å². The van der Waals surface area contributed by atoms with E-state index >= 15 is 0 Å². The summed E-state index contributed by atoms with van der Waals surface area (Å²) in [5.41, 5.74) is 0.749. The Bertz CT molecular complexity index is 655. The fraction of sp³-hybridized carbons (Fsp3) is 0.400. The zero-order valence-corrected chi connectivity index (χ0v) is 11.5. The Morgan fingerprint density at radius 1 is 1.33 bits per heavy atom. The molecule has 0 unspecified atom stereocenters. The van der Waals surface area contributed by atoms with Crippen molar-refractivity contribution in [3.63, 3.8) is 0 Å². The van der Waals surface area contributed by atoms with Gasteiger partial charge < -0.3 is 14.8 Å². The second kappa shape index (κ2) is 5.20. The van der Waals surface area contributed by atoms with E-state index in [4.69, 9.17) is 9.52 Å². The molecule has 1 aliphatic carbocycles. The summed E-state index contributed by atoms with van der Waals surface area (Å²) in [5.74, 6) is -0.489. The largest absolute Gasteiger partial charge is 0.481 e. The molecule has 1 amide bonds. The predicted octanol–water partition coefficient (Wildman–Crippen LogP) is 1.74. The molecule has 1 saturated carbocycles. The maximum Gasteiger partial charge on any atom is 0.311 e. The molecule has 1 aromatic carbocycles. The number of benzene rings is 1. The Morgan fingerprint density at radius 2 is 2.10 bits per heavy atom. The van der Waals surface area contributed by atoms with Crippen molar-refractivity contribution >= 4 is 23.0 Å². The van der Waals surface area contributed by atoms with Crippen LogP contribution >= 0.6 is 0 Å². The van der Waals surface area contributed by atoms with Crippen molar-refractivity contribution in [1.82, 2.24) is 10.3 Å². The number of carbonyl (C=O) groups is 2. The van der Waals surface area contributed by atoms with Gasteiger partial charge in [-0.25, -0.2) is 4.98 Å². The molecular formula is C15H16N2O4. The van der Waals surface area contributed by atoms with Gasteiger partial charge in [0.25, 0.3) is 0 Å². The number of rotatable bonds is 6. The molecule has 110 valence electrons. The lowest BCUT2D eigenvalue weighted by Gasteiger charge is -2.10. The smallest absolute Gasteiger partial charge is 0.311 e. The van der Waals surface area contributed by atoms with Gasteiger partial charge in [-0.3, -0.25) is 9.59 Å². The summed E-state index contributed by atoms with van der Waals surface area (Å²) in [7, 11) is 0. The second-order valence-electron chi connectivity index (χ2n) is 5.44. The minimum atomic E-state index is -0.832. The Balaban J connectivity index is 1.50. The lowest BCUT2D eigenvalue weighted by Crippen LogP contribution is -2.34. The molecule has 2 aromatic rings. The molecule has 0 atom stereocenters. The van der Waals surface area contributed by atoms with Crippen LogP contribution in [0.3, 0.4) is 0 Å². The molecule has 1 aromatic heterocycles. The number of nitrogens with zero attached hydrogens (tertiary/aromatic N) is 1. The molecule has 0 aliphatic heterocycles. The highest BCUT2D eigenvalue weighted by molar-refractivity contribution is 5.81. The number of amides is 1. The van der Waals surface area contributed by atoms with Gasteiger partial charge in [-0.2, -0.15) is 0 Å². The van der Waals surface area contributed by atoms with Crippen LogP contribution in [0.15, 0.2) is 28.7 Å². The molecule has 6 nitrogen and oxygen atoms in total. The van der Waals surface area contributed by atoms with Crippen molar-refractivity contribution in [2.45, 2.75) is 25.7 Å². The summed E-state index contributed by atoms with van der Waals surface area (Å²) in [5, 5.41) is 11.7. The lowest BCUT2D eigenvalue weighted by molar-refractivity contribution is -0.143. The Hall–Kier alpha value is -2.37. The Kier molecular flexibility index (Phi) is 3.37. The fourth-order valence-corrected chi connectivity index (χ4v) is 2.22. The molecule has 2 N–H and O–H groups in total. The summed E-state index contributed by atoms with van der Waals surface area (Å²) in [4.78, 5) is 27.0. The number of aliphatic carboxylic acids is 1. The van der Waals surface area contributed by atoms with E-state index in [0.29, 0.717) is 30.7 Å². The predicted molar refractivity (Wildman–Crippen MR) is 74.6 cm³/mol. The van der Waals surface area contributed by atoms with Crippen LogP contribution in [0.1, 0.15) is 25.2 Å². The summed E-state index contributed by atoms with van der Waals surface area (Å²) in [6, 6.07) is 7.43. The lowest BCUT2D eigenvalue weighted by atomic mass is 10.1. The van der Waals surface area contributed by atoms with E-state index in [1.165, 1.54) is 0 Å². The minimum Gasteiger partial charge on any atom is -0.481 e. The average Bonchev–Trinajstić information content (AvgIpc) is 3.15. The van der Waals surface area contributed by atoms with Gasteiger partial charge in [0.2, 0.25) is 5.91 Å². The van der Waals surface area contributed by atoms with E-state index in [1.54, 1.807) is 0 Å². The van der Waals surface area contributed by atoms with Crippen molar-refractivity contribution in [1.29, 1.82) is 0 Å². The van der Waals surface area contributed by atoms with Gasteiger partial charge in [0, 0.05) is 19.4 Å². The van der Waals surface area contributed by atoms with Crippen LogP contribution in [0, 0.1) is 5.41 Å².